The smallest absolute Gasteiger partial charge is 0.120 e. The van der Waals surface area contributed by atoms with Gasteiger partial charge < -0.3 is 4.74 Å². The Morgan fingerprint density at radius 2 is 2.33 bits per heavy atom. The van der Waals surface area contributed by atoms with E-state index in [-0.39, 0.29) is 0 Å². The second kappa shape index (κ2) is 4.78. The van der Waals surface area contributed by atoms with Crippen LogP contribution < -0.4 is 4.74 Å². The first-order chi connectivity index (χ1) is 5.83. The van der Waals surface area contributed by atoms with Gasteiger partial charge in [0.05, 0.1) is 12.5 Å². The molecule has 0 saturated heterocycles. The summed E-state index contributed by atoms with van der Waals surface area (Å²) in [5.74, 6) is 0.791. The molecular weight excluding hydrogens is 218 g/mol. The van der Waals surface area contributed by atoms with Crippen molar-refractivity contribution in [3.63, 3.8) is 0 Å². The summed E-state index contributed by atoms with van der Waals surface area (Å²) in [6, 6.07) is 9.57. The van der Waals surface area contributed by atoms with Crippen LogP contribution in [-0.4, -0.2) is 6.61 Å². The van der Waals surface area contributed by atoms with Gasteiger partial charge in [0.15, 0.2) is 0 Å². The summed E-state index contributed by atoms with van der Waals surface area (Å²) < 4.78 is 6.26. The van der Waals surface area contributed by atoms with Gasteiger partial charge in [0.2, 0.25) is 0 Å². The van der Waals surface area contributed by atoms with E-state index in [4.69, 9.17) is 10.00 Å². The molecule has 0 heterocycles. The molecule has 0 atom stereocenters. The fourth-order valence-electron chi connectivity index (χ4n) is 0.771. The third-order valence-electron chi connectivity index (χ3n) is 1.28. The topological polar surface area (TPSA) is 33.0 Å². The van der Waals surface area contributed by atoms with Crippen LogP contribution in [0, 0.1) is 11.3 Å². The zero-order chi connectivity index (χ0) is 8.81. The van der Waals surface area contributed by atoms with E-state index >= 15 is 0 Å². The minimum Gasteiger partial charge on any atom is -0.492 e. The highest BCUT2D eigenvalue weighted by Gasteiger charge is 1.92. The minimum atomic E-state index is 0.423. The predicted octanol–water partition coefficient (Wildman–Crippen LogP) is 2.74. The number of rotatable bonds is 3. The number of ether oxygens (including phenoxy) is 1. The first-order valence-corrected chi connectivity index (χ1v) is 4.37. The number of hydrogen-bond donors (Lipinski definition) is 0. The highest BCUT2D eigenvalue weighted by Crippen LogP contribution is 2.17. The Morgan fingerprint density at radius 1 is 1.50 bits per heavy atom. The van der Waals surface area contributed by atoms with E-state index < -0.39 is 0 Å². The van der Waals surface area contributed by atoms with Gasteiger partial charge in [-0.3, -0.25) is 0 Å². The molecule has 1 rings (SSSR count). The number of benzene rings is 1. The van der Waals surface area contributed by atoms with E-state index in [1.54, 1.807) is 0 Å². The van der Waals surface area contributed by atoms with Crippen molar-refractivity contribution in [1.29, 1.82) is 5.26 Å². The summed E-state index contributed by atoms with van der Waals surface area (Å²) in [4.78, 5) is 0. The zero-order valence-electron chi connectivity index (χ0n) is 6.46. The highest BCUT2D eigenvalue weighted by molar-refractivity contribution is 9.10. The summed E-state index contributed by atoms with van der Waals surface area (Å²) >= 11 is 3.33. The summed E-state index contributed by atoms with van der Waals surface area (Å²) in [5, 5.41) is 8.26. The molecule has 0 amide bonds. The van der Waals surface area contributed by atoms with Gasteiger partial charge in [-0.25, -0.2) is 0 Å². The quantitative estimate of drug-likeness (QED) is 0.742. The van der Waals surface area contributed by atoms with Gasteiger partial charge in [-0.1, -0.05) is 22.0 Å². The van der Waals surface area contributed by atoms with E-state index in [0.717, 1.165) is 10.2 Å². The third kappa shape index (κ3) is 2.93. The number of nitrogens with zero attached hydrogens (tertiary/aromatic N) is 1. The molecule has 0 bridgehead atoms. The molecule has 0 aliphatic rings. The molecular formula is C9H8BrNO. The Kier molecular flexibility index (Phi) is 3.62. The predicted molar refractivity (Wildman–Crippen MR) is 49.9 cm³/mol. The van der Waals surface area contributed by atoms with Crippen LogP contribution in [0.1, 0.15) is 6.42 Å². The van der Waals surface area contributed by atoms with Crippen molar-refractivity contribution in [2.45, 2.75) is 6.42 Å². The molecule has 12 heavy (non-hydrogen) atoms. The molecule has 0 N–H and O–H groups in total. The second-order valence-electron chi connectivity index (χ2n) is 2.21. The number of halogens is 1. The van der Waals surface area contributed by atoms with Gasteiger partial charge in [-0.2, -0.15) is 5.26 Å². The molecule has 2 nitrogen and oxygen atoms in total. The van der Waals surface area contributed by atoms with Crippen molar-refractivity contribution < 1.29 is 4.74 Å². The molecule has 1 aromatic rings. The second-order valence-corrected chi connectivity index (χ2v) is 3.13. The van der Waals surface area contributed by atoms with Gasteiger partial charge >= 0.3 is 0 Å². The van der Waals surface area contributed by atoms with Crippen molar-refractivity contribution in [3.05, 3.63) is 28.7 Å². The molecule has 1 aromatic carbocycles. The van der Waals surface area contributed by atoms with Crippen molar-refractivity contribution in [2.24, 2.45) is 0 Å². The van der Waals surface area contributed by atoms with E-state index in [1.165, 1.54) is 0 Å². The van der Waals surface area contributed by atoms with Crippen molar-refractivity contribution in [2.75, 3.05) is 6.61 Å². The molecule has 0 aliphatic heterocycles. The maximum atomic E-state index is 8.26. The van der Waals surface area contributed by atoms with Gasteiger partial charge in [0.25, 0.3) is 0 Å². The molecule has 62 valence electrons. The lowest BCUT2D eigenvalue weighted by atomic mass is 10.3. The van der Waals surface area contributed by atoms with Gasteiger partial charge in [0, 0.05) is 4.47 Å². The first-order valence-electron chi connectivity index (χ1n) is 3.58. The van der Waals surface area contributed by atoms with Crippen molar-refractivity contribution >= 4 is 15.9 Å². The standard InChI is InChI=1S/C9H8BrNO/c10-8-3-1-4-9(7-8)12-6-2-5-11/h1,3-4,7H,2,6H2. The van der Waals surface area contributed by atoms with Crippen LogP contribution in [0.2, 0.25) is 0 Å². The largest absolute Gasteiger partial charge is 0.492 e. The van der Waals surface area contributed by atoms with Crippen LogP contribution in [0.25, 0.3) is 0 Å². The summed E-state index contributed by atoms with van der Waals surface area (Å²) in [5.41, 5.74) is 0. The molecule has 0 fully saturated rings. The lowest BCUT2D eigenvalue weighted by molar-refractivity contribution is 0.326. The SMILES string of the molecule is N#CCCOc1cccc(Br)c1. The van der Waals surface area contributed by atoms with Crippen molar-refractivity contribution in [1.82, 2.24) is 0 Å². The summed E-state index contributed by atoms with van der Waals surface area (Å²) in [6.07, 6.45) is 0.423. The summed E-state index contributed by atoms with van der Waals surface area (Å²) in [6.45, 7) is 0.451. The fourth-order valence-corrected chi connectivity index (χ4v) is 1.15. The molecule has 0 aromatic heterocycles. The molecule has 0 spiro atoms. The maximum Gasteiger partial charge on any atom is 0.120 e. The maximum absolute atomic E-state index is 8.26. The lowest BCUT2D eigenvalue weighted by Gasteiger charge is -2.02. The number of nitriles is 1. The first kappa shape index (κ1) is 9.08. The Bertz CT molecular complexity index is 293. The van der Waals surface area contributed by atoms with Crippen LogP contribution >= 0.6 is 15.9 Å². The van der Waals surface area contributed by atoms with Crippen LogP contribution in [0.3, 0.4) is 0 Å². The Balaban J connectivity index is 2.48. The van der Waals surface area contributed by atoms with Crippen LogP contribution in [0.15, 0.2) is 28.7 Å². The van der Waals surface area contributed by atoms with E-state index in [9.17, 15) is 0 Å². The Hall–Kier alpha value is -1.01. The number of hydrogen-bond acceptors (Lipinski definition) is 2. The van der Waals surface area contributed by atoms with Gasteiger partial charge in [0.1, 0.15) is 12.4 Å². The third-order valence-corrected chi connectivity index (χ3v) is 1.77. The molecule has 0 aliphatic carbocycles. The highest BCUT2D eigenvalue weighted by atomic mass is 79.9. The normalized spacial score (nSPS) is 9.00. The minimum absolute atomic E-state index is 0.423. The molecule has 3 heteroatoms. The molecule has 0 radical (unpaired) electrons. The zero-order valence-corrected chi connectivity index (χ0v) is 8.04. The van der Waals surface area contributed by atoms with E-state index in [0.29, 0.717) is 13.0 Å². The fraction of sp³-hybridized carbons (Fsp3) is 0.222. The summed E-state index contributed by atoms with van der Waals surface area (Å²) in [7, 11) is 0. The lowest BCUT2D eigenvalue weighted by Crippen LogP contribution is -1.94. The van der Waals surface area contributed by atoms with Crippen LogP contribution in [0.5, 0.6) is 5.75 Å². The van der Waals surface area contributed by atoms with E-state index in [1.807, 2.05) is 30.3 Å². The van der Waals surface area contributed by atoms with Crippen LogP contribution in [-0.2, 0) is 0 Å². The van der Waals surface area contributed by atoms with E-state index in [2.05, 4.69) is 15.9 Å². The Labute approximate surface area is 79.9 Å². The monoisotopic (exact) mass is 225 g/mol. The average Bonchev–Trinajstić information content (AvgIpc) is 2.05. The Morgan fingerprint density at radius 3 is 3.00 bits per heavy atom. The molecule has 0 saturated carbocycles. The van der Waals surface area contributed by atoms with Crippen molar-refractivity contribution in [3.8, 4) is 11.8 Å². The van der Waals surface area contributed by atoms with Gasteiger partial charge in [-0.15, -0.1) is 0 Å². The van der Waals surface area contributed by atoms with Crippen LogP contribution in [0.4, 0.5) is 0 Å². The molecule has 0 unspecified atom stereocenters. The average molecular weight is 226 g/mol. The van der Waals surface area contributed by atoms with Gasteiger partial charge in [-0.05, 0) is 18.2 Å².